The minimum atomic E-state index is -0.180. The number of hydrogen-bond acceptors (Lipinski definition) is 3. The second-order valence-corrected chi connectivity index (χ2v) is 6.83. The van der Waals surface area contributed by atoms with Crippen molar-refractivity contribution in [2.75, 3.05) is 26.8 Å². The predicted octanol–water partition coefficient (Wildman–Crippen LogP) is 2.41. The Kier molecular flexibility index (Phi) is 6.41. The minimum Gasteiger partial charge on any atom is -0.383 e. The van der Waals surface area contributed by atoms with E-state index in [0.29, 0.717) is 31.7 Å². The molecule has 0 saturated carbocycles. The van der Waals surface area contributed by atoms with Crippen LogP contribution in [0, 0.1) is 11.7 Å². The van der Waals surface area contributed by atoms with Crippen LogP contribution in [0.3, 0.4) is 0 Å². The molecule has 1 amide bonds. The number of ether oxygens (including phenoxy) is 1. The van der Waals surface area contributed by atoms with Crippen LogP contribution in [-0.2, 0) is 29.2 Å². The molecule has 1 aliphatic heterocycles. The number of nitrogens with zero attached hydrogens (tertiary/aromatic N) is 2. The van der Waals surface area contributed by atoms with E-state index in [2.05, 4.69) is 27.0 Å². The standard InChI is InChI=1S/C20H26FN3O2/c1-26-10-8-22-20(25)11-16-12-23(14-17-5-2-3-7-19(17)21)15-18-6-4-9-24(18)13-16/h2-7,9,16H,8,10-15H2,1H3,(H,22,25)/t16-/m1/s1. The number of benzene rings is 1. The summed E-state index contributed by atoms with van der Waals surface area (Å²) in [5, 5.41) is 2.89. The molecule has 1 aromatic heterocycles. The van der Waals surface area contributed by atoms with E-state index >= 15 is 0 Å². The van der Waals surface area contributed by atoms with Gasteiger partial charge in [-0.1, -0.05) is 18.2 Å². The Labute approximate surface area is 153 Å². The maximum absolute atomic E-state index is 14.1. The highest BCUT2D eigenvalue weighted by molar-refractivity contribution is 5.76. The first-order valence-electron chi connectivity index (χ1n) is 9.01. The molecule has 2 heterocycles. The summed E-state index contributed by atoms with van der Waals surface area (Å²) in [6.07, 6.45) is 2.51. The molecule has 0 fully saturated rings. The molecule has 26 heavy (non-hydrogen) atoms. The van der Waals surface area contributed by atoms with Crippen LogP contribution in [0.2, 0.25) is 0 Å². The summed E-state index contributed by atoms with van der Waals surface area (Å²) >= 11 is 0. The molecular weight excluding hydrogens is 333 g/mol. The van der Waals surface area contributed by atoms with Crippen LogP contribution in [0.4, 0.5) is 4.39 Å². The maximum atomic E-state index is 14.1. The SMILES string of the molecule is COCCNC(=O)C[C@@H]1CN(Cc2ccccc2F)Cc2cccn2C1. The first-order valence-corrected chi connectivity index (χ1v) is 9.01. The molecule has 0 bridgehead atoms. The van der Waals surface area contributed by atoms with Gasteiger partial charge in [-0.25, -0.2) is 4.39 Å². The van der Waals surface area contributed by atoms with Crippen LogP contribution in [0.15, 0.2) is 42.6 Å². The third-order valence-corrected chi connectivity index (χ3v) is 4.73. The monoisotopic (exact) mass is 359 g/mol. The third kappa shape index (κ3) is 4.93. The molecule has 3 rings (SSSR count). The van der Waals surface area contributed by atoms with Crippen molar-refractivity contribution in [3.8, 4) is 0 Å². The largest absolute Gasteiger partial charge is 0.383 e. The second-order valence-electron chi connectivity index (χ2n) is 6.83. The molecule has 1 atom stereocenters. The van der Waals surface area contributed by atoms with Crippen LogP contribution >= 0.6 is 0 Å². The van der Waals surface area contributed by atoms with Crippen molar-refractivity contribution < 1.29 is 13.9 Å². The molecule has 0 saturated heterocycles. The number of methoxy groups -OCH3 is 1. The zero-order valence-corrected chi connectivity index (χ0v) is 15.2. The van der Waals surface area contributed by atoms with Crippen LogP contribution in [0.1, 0.15) is 17.7 Å². The number of aromatic nitrogens is 1. The highest BCUT2D eigenvalue weighted by Gasteiger charge is 2.24. The van der Waals surface area contributed by atoms with Crippen molar-refractivity contribution in [3.63, 3.8) is 0 Å². The van der Waals surface area contributed by atoms with E-state index < -0.39 is 0 Å². The van der Waals surface area contributed by atoms with Crippen LogP contribution in [0.5, 0.6) is 0 Å². The van der Waals surface area contributed by atoms with Crippen LogP contribution in [-0.4, -0.2) is 42.2 Å². The Bertz CT molecular complexity index is 731. The van der Waals surface area contributed by atoms with Crippen molar-refractivity contribution in [3.05, 3.63) is 59.7 Å². The van der Waals surface area contributed by atoms with E-state index in [0.717, 1.165) is 19.6 Å². The molecule has 5 nitrogen and oxygen atoms in total. The molecule has 1 aliphatic rings. The smallest absolute Gasteiger partial charge is 0.220 e. The van der Waals surface area contributed by atoms with Gasteiger partial charge in [0, 0.05) is 63.7 Å². The minimum absolute atomic E-state index is 0.0356. The van der Waals surface area contributed by atoms with Crippen molar-refractivity contribution in [2.45, 2.75) is 26.1 Å². The summed E-state index contributed by atoms with van der Waals surface area (Å²) in [7, 11) is 1.62. The van der Waals surface area contributed by atoms with Gasteiger partial charge in [0.2, 0.25) is 5.91 Å². The Morgan fingerprint density at radius 3 is 2.92 bits per heavy atom. The number of halogens is 1. The van der Waals surface area contributed by atoms with Gasteiger partial charge in [0.1, 0.15) is 5.82 Å². The highest BCUT2D eigenvalue weighted by atomic mass is 19.1. The lowest BCUT2D eigenvalue weighted by molar-refractivity contribution is -0.122. The van der Waals surface area contributed by atoms with Crippen LogP contribution in [0.25, 0.3) is 0 Å². The average molecular weight is 359 g/mol. The number of carbonyl (C=O) groups excluding carboxylic acids is 1. The van der Waals surface area contributed by atoms with E-state index in [1.54, 1.807) is 13.2 Å². The molecule has 0 spiro atoms. The third-order valence-electron chi connectivity index (χ3n) is 4.73. The van der Waals surface area contributed by atoms with E-state index in [-0.39, 0.29) is 17.6 Å². The normalized spacial score (nSPS) is 17.5. The fourth-order valence-electron chi connectivity index (χ4n) is 3.51. The second kappa shape index (κ2) is 8.96. The number of fused-ring (bicyclic) bond motifs is 1. The van der Waals surface area contributed by atoms with Crippen molar-refractivity contribution in [2.24, 2.45) is 5.92 Å². The Hall–Kier alpha value is -2.18. The Balaban J connectivity index is 1.68. The number of amides is 1. The van der Waals surface area contributed by atoms with Gasteiger partial charge in [0.05, 0.1) is 6.61 Å². The summed E-state index contributed by atoms with van der Waals surface area (Å²) in [6.45, 7) is 3.89. The zero-order valence-electron chi connectivity index (χ0n) is 15.2. The molecule has 0 unspecified atom stereocenters. The quantitative estimate of drug-likeness (QED) is 0.773. The lowest BCUT2D eigenvalue weighted by Gasteiger charge is -2.24. The molecule has 1 aromatic carbocycles. The summed E-state index contributed by atoms with van der Waals surface area (Å²) in [4.78, 5) is 14.4. The number of rotatable bonds is 7. The molecule has 6 heteroatoms. The van der Waals surface area contributed by atoms with Gasteiger partial charge < -0.3 is 14.6 Å². The average Bonchev–Trinajstić information content (AvgIpc) is 2.97. The topological polar surface area (TPSA) is 46.5 Å². The Morgan fingerprint density at radius 2 is 2.12 bits per heavy atom. The van der Waals surface area contributed by atoms with Crippen molar-refractivity contribution in [1.29, 1.82) is 0 Å². The lowest BCUT2D eigenvalue weighted by Crippen LogP contribution is -2.33. The molecule has 2 aromatic rings. The van der Waals surface area contributed by atoms with E-state index in [9.17, 15) is 9.18 Å². The maximum Gasteiger partial charge on any atom is 0.220 e. The summed E-state index contributed by atoms with van der Waals surface area (Å²) in [5.41, 5.74) is 1.89. The lowest BCUT2D eigenvalue weighted by atomic mass is 10.0. The van der Waals surface area contributed by atoms with Gasteiger partial charge in [0.25, 0.3) is 0 Å². The highest BCUT2D eigenvalue weighted by Crippen LogP contribution is 2.22. The molecule has 1 N–H and O–H groups in total. The van der Waals surface area contributed by atoms with Gasteiger partial charge >= 0.3 is 0 Å². The van der Waals surface area contributed by atoms with E-state index in [1.807, 2.05) is 18.2 Å². The van der Waals surface area contributed by atoms with Crippen molar-refractivity contribution in [1.82, 2.24) is 14.8 Å². The first kappa shape index (κ1) is 18.6. The summed E-state index contributed by atoms with van der Waals surface area (Å²) in [6, 6.07) is 11.0. The Morgan fingerprint density at radius 1 is 1.27 bits per heavy atom. The molecule has 0 radical (unpaired) electrons. The predicted molar refractivity (Wildman–Crippen MR) is 97.9 cm³/mol. The van der Waals surface area contributed by atoms with Gasteiger partial charge in [-0.15, -0.1) is 0 Å². The number of hydrogen-bond donors (Lipinski definition) is 1. The number of carbonyl (C=O) groups is 1. The molecule has 140 valence electrons. The first-order chi connectivity index (χ1) is 12.7. The summed E-state index contributed by atoms with van der Waals surface area (Å²) in [5.74, 6) is 0.0347. The zero-order chi connectivity index (χ0) is 18.4. The molecular formula is C20H26FN3O2. The fraction of sp³-hybridized carbons (Fsp3) is 0.450. The van der Waals surface area contributed by atoms with E-state index in [1.165, 1.54) is 11.8 Å². The van der Waals surface area contributed by atoms with Gasteiger partial charge in [-0.2, -0.15) is 0 Å². The summed E-state index contributed by atoms with van der Waals surface area (Å²) < 4.78 is 21.2. The van der Waals surface area contributed by atoms with Crippen molar-refractivity contribution >= 4 is 5.91 Å². The van der Waals surface area contributed by atoms with Crippen LogP contribution < -0.4 is 5.32 Å². The van der Waals surface area contributed by atoms with Gasteiger partial charge in [-0.05, 0) is 24.1 Å². The van der Waals surface area contributed by atoms with Gasteiger partial charge in [0.15, 0.2) is 0 Å². The molecule has 0 aliphatic carbocycles. The number of nitrogens with one attached hydrogen (secondary N) is 1. The fourth-order valence-corrected chi connectivity index (χ4v) is 3.51. The van der Waals surface area contributed by atoms with Gasteiger partial charge in [-0.3, -0.25) is 9.69 Å². The van der Waals surface area contributed by atoms with E-state index in [4.69, 9.17) is 4.74 Å².